The van der Waals surface area contributed by atoms with Crippen LogP contribution in [-0.4, -0.2) is 68.3 Å². The Hall–Kier alpha value is -1.79. The third kappa shape index (κ3) is 4.85. The molecule has 6 nitrogen and oxygen atoms in total. The van der Waals surface area contributed by atoms with Gasteiger partial charge >= 0.3 is 6.03 Å². The van der Waals surface area contributed by atoms with Crippen molar-refractivity contribution in [3.8, 4) is 5.75 Å². The normalized spacial score (nSPS) is 18.2. The molecule has 1 saturated heterocycles. The summed E-state index contributed by atoms with van der Waals surface area (Å²) in [6, 6.07) is 5.51. The summed E-state index contributed by atoms with van der Waals surface area (Å²) in [7, 11) is 3.77. The van der Waals surface area contributed by atoms with Crippen LogP contribution in [0.4, 0.5) is 10.5 Å². The maximum Gasteiger partial charge on any atom is 0.319 e. The Morgan fingerprint density at radius 2 is 2.08 bits per heavy atom. The van der Waals surface area contributed by atoms with E-state index in [4.69, 9.17) is 4.74 Å². The van der Waals surface area contributed by atoms with Gasteiger partial charge in [0.1, 0.15) is 5.75 Å². The number of rotatable bonds is 5. The average molecular weight is 334 g/mol. The number of methoxy groups -OCH3 is 1. The molecule has 1 fully saturated rings. The molecule has 0 aliphatic carbocycles. The van der Waals surface area contributed by atoms with E-state index in [1.807, 2.05) is 25.1 Å². The standard InChI is InChI=1S/C18H30N4O2/c1-14-6-7-15(16(12-14)24-5)20-17(23)19-8-9-22-11-10-21(4)18(2,3)13-22/h6-7,12H,8-11,13H2,1-5H3,(H2,19,20,23). The molecule has 0 unspecified atom stereocenters. The fourth-order valence-corrected chi connectivity index (χ4v) is 2.93. The number of hydrogen-bond donors (Lipinski definition) is 2. The van der Waals surface area contributed by atoms with Gasteiger partial charge in [-0.1, -0.05) is 6.07 Å². The zero-order chi connectivity index (χ0) is 17.7. The lowest BCUT2D eigenvalue weighted by Crippen LogP contribution is -2.58. The molecule has 0 radical (unpaired) electrons. The number of benzene rings is 1. The van der Waals surface area contributed by atoms with Gasteiger partial charge in [0.2, 0.25) is 0 Å². The molecule has 2 amide bonds. The van der Waals surface area contributed by atoms with Crippen LogP contribution in [0.5, 0.6) is 5.75 Å². The number of hydrogen-bond acceptors (Lipinski definition) is 4. The Morgan fingerprint density at radius 3 is 2.75 bits per heavy atom. The molecule has 0 bridgehead atoms. The van der Waals surface area contributed by atoms with E-state index in [-0.39, 0.29) is 11.6 Å². The SMILES string of the molecule is COc1cc(C)ccc1NC(=O)NCCN1CCN(C)C(C)(C)C1. The monoisotopic (exact) mass is 334 g/mol. The first kappa shape index (κ1) is 18.5. The number of ether oxygens (including phenoxy) is 1. The number of nitrogens with zero attached hydrogens (tertiary/aromatic N) is 2. The van der Waals surface area contributed by atoms with Crippen molar-refractivity contribution in [3.05, 3.63) is 23.8 Å². The summed E-state index contributed by atoms with van der Waals surface area (Å²) < 4.78 is 5.30. The van der Waals surface area contributed by atoms with Gasteiger partial charge in [-0.15, -0.1) is 0 Å². The maximum atomic E-state index is 12.1. The number of amides is 2. The largest absolute Gasteiger partial charge is 0.495 e. The van der Waals surface area contributed by atoms with E-state index >= 15 is 0 Å². The molecule has 1 aliphatic heterocycles. The highest BCUT2D eigenvalue weighted by Gasteiger charge is 2.30. The molecule has 0 saturated carbocycles. The number of likely N-dealkylation sites (N-methyl/N-ethyl adjacent to an activating group) is 1. The van der Waals surface area contributed by atoms with Crippen molar-refractivity contribution < 1.29 is 9.53 Å². The third-order valence-electron chi connectivity index (χ3n) is 4.71. The molecule has 1 aliphatic rings. The molecule has 134 valence electrons. The minimum atomic E-state index is -0.203. The predicted molar refractivity (Wildman–Crippen MR) is 97.9 cm³/mol. The number of piperazine rings is 1. The lowest BCUT2D eigenvalue weighted by Gasteiger charge is -2.45. The van der Waals surface area contributed by atoms with Crippen LogP contribution < -0.4 is 15.4 Å². The highest BCUT2D eigenvalue weighted by atomic mass is 16.5. The second-order valence-electron chi connectivity index (χ2n) is 7.09. The Balaban J connectivity index is 1.78. The number of carbonyl (C=O) groups excluding carboxylic acids is 1. The van der Waals surface area contributed by atoms with Crippen molar-refractivity contribution in [2.75, 3.05) is 52.2 Å². The Morgan fingerprint density at radius 1 is 1.33 bits per heavy atom. The van der Waals surface area contributed by atoms with E-state index in [1.54, 1.807) is 7.11 Å². The van der Waals surface area contributed by atoms with Crippen molar-refractivity contribution in [3.63, 3.8) is 0 Å². The number of carbonyl (C=O) groups is 1. The molecular formula is C18H30N4O2. The molecule has 0 spiro atoms. The van der Waals surface area contributed by atoms with Crippen molar-refractivity contribution >= 4 is 11.7 Å². The predicted octanol–water partition coefficient (Wildman–Crippen LogP) is 2.15. The first-order chi connectivity index (χ1) is 11.3. The summed E-state index contributed by atoms with van der Waals surface area (Å²) in [6.07, 6.45) is 0. The summed E-state index contributed by atoms with van der Waals surface area (Å²) >= 11 is 0. The summed E-state index contributed by atoms with van der Waals surface area (Å²) in [6.45, 7) is 11.1. The van der Waals surface area contributed by atoms with E-state index < -0.39 is 0 Å². The van der Waals surface area contributed by atoms with Crippen molar-refractivity contribution in [2.24, 2.45) is 0 Å². The van der Waals surface area contributed by atoms with Crippen LogP contribution in [0.15, 0.2) is 18.2 Å². The molecule has 0 atom stereocenters. The van der Waals surface area contributed by atoms with Crippen LogP contribution in [0, 0.1) is 6.92 Å². The highest BCUT2D eigenvalue weighted by molar-refractivity contribution is 5.90. The van der Waals surface area contributed by atoms with E-state index in [1.165, 1.54) is 0 Å². The summed E-state index contributed by atoms with van der Waals surface area (Å²) in [5.41, 5.74) is 1.95. The van der Waals surface area contributed by atoms with Crippen LogP contribution in [0.3, 0.4) is 0 Å². The fourth-order valence-electron chi connectivity index (χ4n) is 2.93. The van der Waals surface area contributed by atoms with Crippen LogP contribution in [0.25, 0.3) is 0 Å². The molecule has 24 heavy (non-hydrogen) atoms. The number of urea groups is 1. The van der Waals surface area contributed by atoms with Gasteiger partial charge in [0.25, 0.3) is 0 Å². The number of aryl methyl sites for hydroxylation is 1. The average Bonchev–Trinajstić information content (AvgIpc) is 2.52. The molecule has 2 N–H and O–H groups in total. The second kappa shape index (κ2) is 7.85. The lowest BCUT2D eigenvalue weighted by atomic mass is 10.00. The van der Waals surface area contributed by atoms with Gasteiger partial charge in [-0.25, -0.2) is 4.79 Å². The quantitative estimate of drug-likeness (QED) is 0.866. The molecule has 1 aromatic rings. The first-order valence-electron chi connectivity index (χ1n) is 8.45. The minimum absolute atomic E-state index is 0.176. The van der Waals surface area contributed by atoms with Gasteiger partial charge in [-0.2, -0.15) is 0 Å². The molecular weight excluding hydrogens is 304 g/mol. The summed E-state index contributed by atoms with van der Waals surface area (Å²) in [5, 5.41) is 5.77. The van der Waals surface area contributed by atoms with E-state index in [2.05, 4.69) is 41.3 Å². The second-order valence-corrected chi connectivity index (χ2v) is 7.09. The van der Waals surface area contributed by atoms with Gasteiger partial charge in [0, 0.05) is 38.3 Å². The lowest BCUT2D eigenvalue weighted by molar-refractivity contribution is 0.0411. The molecule has 0 aromatic heterocycles. The summed E-state index contributed by atoms with van der Waals surface area (Å²) in [4.78, 5) is 16.9. The third-order valence-corrected chi connectivity index (χ3v) is 4.71. The van der Waals surface area contributed by atoms with Crippen LogP contribution in [0.1, 0.15) is 19.4 Å². The fraction of sp³-hybridized carbons (Fsp3) is 0.611. The van der Waals surface area contributed by atoms with Gasteiger partial charge in [0.15, 0.2) is 0 Å². The van der Waals surface area contributed by atoms with Crippen LogP contribution in [0.2, 0.25) is 0 Å². The molecule has 1 aromatic carbocycles. The van der Waals surface area contributed by atoms with Crippen molar-refractivity contribution in [1.29, 1.82) is 0 Å². The van der Waals surface area contributed by atoms with Gasteiger partial charge in [-0.3, -0.25) is 9.80 Å². The number of anilines is 1. The maximum absolute atomic E-state index is 12.1. The van der Waals surface area contributed by atoms with Crippen LogP contribution in [-0.2, 0) is 0 Å². The number of nitrogens with one attached hydrogen (secondary N) is 2. The Kier molecular flexibility index (Phi) is 6.07. The summed E-state index contributed by atoms with van der Waals surface area (Å²) in [5.74, 6) is 0.672. The molecule has 2 rings (SSSR count). The topological polar surface area (TPSA) is 56.8 Å². The zero-order valence-electron chi connectivity index (χ0n) is 15.5. The van der Waals surface area contributed by atoms with Crippen LogP contribution >= 0.6 is 0 Å². The van der Waals surface area contributed by atoms with Gasteiger partial charge in [-0.05, 0) is 45.5 Å². The van der Waals surface area contributed by atoms with E-state index in [9.17, 15) is 4.79 Å². The first-order valence-corrected chi connectivity index (χ1v) is 8.45. The van der Waals surface area contributed by atoms with Gasteiger partial charge < -0.3 is 15.4 Å². The van der Waals surface area contributed by atoms with Crippen molar-refractivity contribution in [1.82, 2.24) is 15.1 Å². The van der Waals surface area contributed by atoms with E-state index in [0.29, 0.717) is 18.0 Å². The zero-order valence-corrected chi connectivity index (χ0v) is 15.5. The smallest absolute Gasteiger partial charge is 0.319 e. The molecule has 1 heterocycles. The minimum Gasteiger partial charge on any atom is -0.495 e. The Labute approximate surface area is 145 Å². The molecule has 6 heteroatoms. The highest BCUT2D eigenvalue weighted by Crippen LogP contribution is 2.25. The van der Waals surface area contributed by atoms with Gasteiger partial charge in [0.05, 0.1) is 12.8 Å². The van der Waals surface area contributed by atoms with Crippen molar-refractivity contribution in [2.45, 2.75) is 26.3 Å². The Bertz CT molecular complexity index is 574. The van der Waals surface area contributed by atoms with E-state index in [0.717, 1.165) is 31.7 Å².